The van der Waals surface area contributed by atoms with E-state index in [4.69, 9.17) is 14.4 Å². The Hall–Kier alpha value is -7.76. The van der Waals surface area contributed by atoms with Gasteiger partial charge in [0.05, 0.1) is 27.8 Å². The quantitative estimate of drug-likeness (QED) is 0.177. The van der Waals surface area contributed by atoms with Crippen LogP contribution in [0.25, 0.3) is 111 Å². The average Bonchev–Trinajstić information content (AvgIpc) is 3.97. The van der Waals surface area contributed by atoms with Crippen LogP contribution in [0.4, 0.5) is 0 Å². The molecule has 0 saturated carbocycles. The second-order valence-electron chi connectivity index (χ2n) is 14.6. The van der Waals surface area contributed by atoms with Gasteiger partial charge in [-0.3, -0.25) is 4.98 Å². The van der Waals surface area contributed by atoms with Crippen molar-refractivity contribution >= 4 is 65.5 Å². The molecular weight excluding hydrogens is 697 g/mol. The van der Waals surface area contributed by atoms with Crippen LogP contribution in [0.3, 0.4) is 0 Å². The molecule has 0 unspecified atom stereocenters. The van der Waals surface area contributed by atoms with Crippen molar-refractivity contribution in [3.05, 3.63) is 194 Å². The molecule has 0 atom stereocenters. The van der Waals surface area contributed by atoms with E-state index in [1.807, 2.05) is 24.4 Å². The summed E-state index contributed by atoms with van der Waals surface area (Å²) in [7, 11) is 0. The van der Waals surface area contributed by atoms with E-state index in [-0.39, 0.29) is 0 Å². The molecule has 4 aromatic heterocycles. The molecular formula is C52H32N4O. The Morgan fingerprint density at radius 3 is 1.67 bits per heavy atom. The number of nitrogens with zero attached hydrogens (tertiary/aromatic N) is 4. The van der Waals surface area contributed by atoms with Crippen LogP contribution < -0.4 is 0 Å². The first-order valence-corrected chi connectivity index (χ1v) is 19.2. The number of fused-ring (bicyclic) bond motifs is 9. The molecule has 266 valence electrons. The number of rotatable bonds is 5. The van der Waals surface area contributed by atoms with Gasteiger partial charge >= 0.3 is 0 Å². The summed E-state index contributed by atoms with van der Waals surface area (Å²) >= 11 is 0. The standard InChI is InChI=1S/C52H32N4O/c1-2-14-36(15-3-1)55-48-24-11-8-19-41(48)44-31-33(25-26-49(44)55)34-28-35(30-37(29-34)56-46-22-9-6-17-39(46)40-18-7-10-23-47(40)56)52-54-51-42-20-5-4-16-38(42)43(32-50(51)57-52)45-21-12-13-27-53-45/h1-32H. The predicted octanol–water partition coefficient (Wildman–Crippen LogP) is 13.6. The van der Waals surface area contributed by atoms with Crippen molar-refractivity contribution < 1.29 is 4.42 Å². The Morgan fingerprint density at radius 2 is 0.965 bits per heavy atom. The van der Waals surface area contributed by atoms with Gasteiger partial charge in [0.25, 0.3) is 0 Å². The van der Waals surface area contributed by atoms with Crippen molar-refractivity contribution in [3.8, 4) is 45.2 Å². The summed E-state index contributed by atoms with van der Waals surface area (Å²) < 4.78 is 11.5. The van der Waals surface area contributed by atoms with Gasteiger partial charge in [0.1, 0.15) is 5.52 Å². The highest BCUT2D eigenvalue weighted by Crippen LogP contribution is 2.41. The predicted molar refractivity (Wildman–Crippen MR) is 234 cm³/mol. The summed E-state index contributed by atoms with van der Waals surface area (Å²) in [5, 5.41) is 6.96. The van der Waals surface area contributed by atoms with Crippen molar-refractivity contribution in [3.63, 3.8) is 0 Å². The molecule has 0 aliphatic heterocycles. The van der Waals surface area contributed by atoms with Gasteiger partial charge in [-0.25, -0.2) is 4.98 Å². The Bertz CT molecular complexity index is 3440. The van der Waals surface area contributed by atoms with Gasteiger partial charge < -0.3 is 13.6 Å². The highest BCUT2D eigenvalue weighted by molar-refractivity contribution is 6.13. The molecule has 12 aromatic rings. The van der Waals surface area contributed by atoms with Gasteiger partial charge in [-0.2, -0.15) is 0 Å². The number of aromatic nitrogens is 4. The van der Waals surface area contributed by atoms with Crippen molar-refractivity contribution in [1.29, 1.82) is 0 Å². The fraction of sp³-hybridized carbons (Fsp3) is 0. The lowest BCUT2D eigenvalue weighted by Crippen LogP contribution is -1.96. The number of benzene rings is 8. The maximum absolute atomic E-state index is 6.79. The lowest BCUT2D eigenvalue weighted by atomic mass is 9.99. The third kappa shape index (κ3) is 4.89. The molecule has 0 N–H and O–H groups in total. The van der Waals surface area contributed by atoms with Crippen LogP contribution in [-0.4, -0.2) is 19.1 Å². The number of hydrogen-bond acceptors (Lipinski definition) is 3. The number of oxazole rings is 1. The van der Waals surface area contributed by atoms with Crippen molar-refractivity contribution in [2.75, 3.05) is 0 Å². The number of para-hydroxylation sites is 4. The van der Waals surface area contributed by atoms with Crippen LogP contribution >= 0.6 is 0 Å². The summed E-state index contributed by atoms with van der Waals surface area (Å²) in [5.41, 5.74) is 13.4. The van der Waals surface area contributed by atoms with Gasteiger partial charge in [0.2, 0.25) is 5.89 Å². The molecule has 4 heterocycles. The van der Waals surface area contributed by atoms with E-state index in [2.05, 4.69) is 179 Å². The molecule has 12 rings (SSSR count). The first kappa shape index (κ1) is 31.6. The SMILES string of the molecule is c1ccc(-n2c3ccccc3c3cc(-c4cc(-c5nc6c(cc(-c7ccccn7)c7ccccc76)o5)cc(-n5c6ccccc6c6ccccc65)c4)ccc32)cc1. The highest BCUT2D eigenvalue weighted by Gasteiger charge is 2.20. The van der Waals surface area contributed by atoms with E-state index in [0.717, 1.165) is 72.2 Å². The first-order chi connectivity index (χ1) is 28.3. The number of pyridine rings is 1. The Labute approximate surface area is 327 Å². The van der Waals surface area contributed by atoms with Crippen molar-refractivity contribution in [2.45, 2.75) is 0 Å². The molecule has 5 nitrogen and oxygen atoms in total. The molecule has 0 saturated heterocycles. The Kier molecular flexibility index (Phi) is 6.86. The summed E-state index contributed by atoms with van der Waals surface area (Å²) in [6.07, 6.45) is 1.83. The maximum Gasteiger partial charge on any atom is 0.227 e. The third-order valence-corrected chi connectivity index (χ3v) is 11.4. The topological polar surface area (TPSA) is 48.8 Å². The van der Waals surface area contributed by atoms with E-state index in [9.17, 15) is 0 Å². The van der Waals surface area contributed by atoms with Crippen LogP contribution in [0.2, 0.25) is 0 Å². The molecule has 0 aliphatic rings. The molecule has 8 aromatic carbocycles. The van der Waals surface area contributed by atoms with E-state index < -0.39 is 0 Å². The Balaban J connectivity index is 1.12. The number of hydrogen-bond donors (Lipinski definition) is 0. The van der Waals surface area contributed by atoms with E-state index in [1.165, 1.54) is 32.6 Å². The van der Waals surface area contributed by atoms with E-state index in [1.54, 1.807) is 0 Å². The van der Waals surface area contributed by atoms with E-state index in [0.29, 0.717) is 5.89 Å². The minimum atomic E-state index is 0.568. The normalized spacial score (nSPS) is 11.9. The molecule has 0 bridgehead atoms. The lowest BCUT2D eigenvalue weighted by Gasteiger charge is -2.13. The molecule has 5 heteroatoms. The van der Waals surface area contributed by atoms with Crippen LogP contribution in [0.1, 0.15) is 0 Å². The minimum absolute atomic E-state index is 0.568. The minimum Gasteiger partial charge on any atom is -0.436 e. The summed E-state index contributed by atoms with van der Waals surface area (Å²) in [6, 6.07) is 66.6. The highest BCUT2D eigenvalue weighted by atomic mass is 16.3. The van der Waals surface area contributed by atoms with Crippen LogP contribution in [0, 0.1) is 0 Å². The van der Waals surface area contributed by atoms with Crippen LogP contribution in [0.5, 0.6) is 0 Å². The molecule has 0 amide bonds. The fourth-order valence-electron chi connectivity index (χ4n) is 8.85. The van der Waals surface area contributed by atoms with Gasteiger partial charge in [-0.05, 0) is 95.4 Å². The summed E-state index contributed by atoms with van der Waals surface area (Å²) in [5.74, 6) is 0.568. The van der Waals surface area contributed by atoms with Crippen LogP contribution in [0.15, 0.2) is 199 Å². The van der Waals surface area contributed by atoms with Gasteiger partial charge in [-0.1, -0.05) is 109 Å². The first-order valence-electron chi connectivity index (χ1n) is 19.2. The summed E-state index contributed by atoms with van der Waals surface area (Å²) in [6.45, 7) is 0. The largest absolute Gasteiger partial charge is 0.436 e. The summed E-state index contributed by atoms with van der Waals surface area (Å²) in [4.78, 5) is 9.95. The van der Waals surface area contributed by atoms with Gasteiger partial charge in [0, 0.05) is 55.6 Å². The molecule has 0 radical (unpaired) electrons. The fourth-order valence-corrected chi connectivity index (χ4v) is 8.85. The zero-order chi connectivity index (χ0) is 37.5. The maximum atomic E-state index is 6.79. The van der Waals surface area contributed by atoms with Crippen LogP contribution in [-0.2, 0) is 0 Å². The Morgan fingerprint density at radius 1 is 0.386 bits per heavy atom. The second kappa shape index (κ2) is 12.4. The monoisotopic (exact) mass is 728 g/mol. The zero-order valence-electron chi connectivity index (χ0n) is 30.7. The molecule has 0 aliphatic carbocycles. The molecule has 57 heavy (non-hydrogen) atoms. The van der Waals surface area contributed by atoms with Crippen molar-refractivity contribution in [2.24, 2.45) is 0 Å². The zero-order valence-corrected chi connectivity index (χ0v) is 30.7. The lowest BCUT2D eigenvalue weighted by molar-refractivity contribution is 0.620. The van der Waals surface area contributed by atoms with Crippen molar-refractivity contribution in [1.82, 2.24) is 19.1 Å². The third-order valence-electron chi connectivity index (χ3n) is 11.4. The van der Waals surface area contributed by atoms with E-state index >= 15 is 0 Å². The molecule has 0 fully saturated rings. The van der Waals surface area contributed by atoms with Gasteiger partial charge in [-0.15, -0.1) is 0 Å². The molecule has 0 spiro atoms. The average molecular weight is 729 g/mol. The van der Waals surface area contributed by atoms with Gasteiger partial charge in [0.15, 0.2) is 5.58 Å². The second-order valence-corrected chi connectivity index (χ2v) is 14.6. The smallest absolute Gasteiger partial charge is 0.227 e.